The number of primary amides is 1. The van der Waals surface area contributed by atoms with Crippen LogP contribution in [0.1, 0.15) is 32.1 Å². The van der Waals surface area contributed by atoms with E-state index in [1.807, 2.05) is 0 Å². The Kier molecular flexibility index (Phi) is 2.74. The Balaban J connectivity index is 2.32. The number of hydrogen-bond acceptors (Lipinski definition) is 4. The highest BCUT2D eigenvalue weighted by Gasteiger charge is 2.54. The molecule has 0 radical (unpaired) electrons. The second-order valence-electron chi connectivity index (χ2n) is 4.96. The van der Waals surface area contributed by atoms with Crippen molar-refractivity contribution in [2.75, 3.05) is 6.26 Å². The Morgan fingerprint density at radius 3 is 2.44 bits per heavy atom. The average molecular weight is 246 g/mol. The number of hydrogen-bond donors (Lipinski definition) is 2. The third-order valence-corrected chi connectivity index (χ3v) is 5.25. The van der Waals surface area contributed by atoms with Gasteiger partial charge in [0.25, 0.3) is 0 Å². The van der Waals surface area contributed by atoms with Gasteiger partial charge in [-0.1, -0.05) is 0 Å². The van der Waals surface area contributed by atoms with E-state index in [9.17, 15) is 13.2 Å². The van der Waals surface area contributed by atoms with Gasteiger partial charge in [-0.3, -0.25) is 10.1 Å². The molecule has 16 heavy (non-hydrogen) atoms. The maximum atomic E-state index is 11.7. The Hall–Kier alpha value is -0.620. The summed E-state index contributed by atoms with van der Waals surface area (Å²) in [6, 6.07) is 0.273. The van der Waals surface area contributed by atoms with Crippen LogP contribution in [0.5, 0.6) is 0 Å². The number of nitrogens with one attached hydrogen (secondary N) is 1. The molecule has 92 valence electrons. The molecular weight excluding hydrogens is 228 g/mol. The maximum Gasteiger partial charge on any atom is 0.239 e. The van der Waals surface area contributed by atoms with Gasteiger partial charge >= 0.3 is 0 Å². The van der Waals surface area contributed by atoms with Crippen molar-refractivity contribution in [3.63, 3.8) is 0 Å². The molecule has 2 aliphatic carbocycles. The molecule has 0 aromatic rings. The smallest absolute Gasteiger partial charge is 0.239 e. The van der Waals surface area contributed by atoms with Crippen LogP contribution in [0.15, 0.2) is 0 Å². The molecule has 2 saturated carbocycles. The molecule has 0 aromatic carbocycles. The molecule has 5 nitrogen and oxygen atoms in total. The van der Waals surface area contributed by atoms with Crippen molar-refractivity contribution in [2.45, 2.75) is 48.9 Å². The van der Waals surface area contributed by atoms with Gasteiger partial charge in [0.1, 0.15) is 5.54 Å². The van der Waals surface area contributed by atoms with E-state index in [0.717, 1.165) is 19.3 Å². The molecule has 2 rings (SSSR count). The topological polar surface area (TPSA) is 89.3 Å². The van der Waals surface area contributed by atoms with Crippen LogP contribution in [0, 0.1) is 0 Å². The summed E-state index contributed by atoms with van der Waals surface area (Å²) in [6.07, 6.45) is 5.00. The molecule has 3 N–H and O–H groups in total. The zero-order valence-corrected chi connectivity index (χ0v) is 10.2. The van der Waals surface area contributed by atoms with E-state index >= 15 is 0 Å². The molecule has 0 spiro atoms. The van der Waals surface area contributed by atoms with Gasteiger partial charge in [0.05, 0.1) is 5.25 Å². The van der Waals surface area contributed by atoms with Crippen LogP contribution in [0.4, 0.5) is 0 Å². The molecule has 6 heteroatoms. The molecule has 2 unspecified atom stereocenters. The fourth-order valence-corrected chi connectivity index (χ4v) is 4.29. The zero-order chi connectivity index (χ0) is 12.0. The number of nitrogens with two attached hydrogens (primary N) is 1. The second-order valence-corrected chi connectivity index (χ2v) is 7.19. The van der Waals surface area contributed by atoms with Crippen LogP contribution in [0.3, 0.4) is 0 Å². The quantitative estimate of drug-likeness (QED) is 0.703. The number of carbonyl (C=O) groups excluding carboxylic acids is 1. The van der Waals surface area contributed by atoms with Crippen LogP contribution >= 0.6 is 0 Å². The third kappa shape index (κ3) is 1.96. The largest absolute Gasteiger partial charge is 0.368 e. The first-order chi connectivity index (χ1) is 7.36. The minimum absolute atomic E-state index is 0.273. The van der Waals surface area contributed by atoms with Crippen LogP contribution in [0.25, 0.3) is 0 Å². The van der Waals surface area contributed by atoms with Gasteiger partial charge in [-0.15, -0.1) is 0 Å². The molecule has 0 aromatic heterocycles. The number of carbonyl (C=O) groups is 1. The number of rotatable bonds is 4. The fraction of sp³-hybridized carbons (Fsp3) is 0.900. The first-order valence-electron chi connectivity index (χ1n) is 5.63. The summed E-state index contributed by atoms with van der Waals surface area (Å²) in [6.45, 7) is 0. The normalized spacial score (nSPS) is 35.2. The highest BCUT2D eigenvalue weighted by molar-refractivity contribution is 7.91. The lowest BCUT2D eigenvalue weighted by Gasteiger charge is -2.32. The SMILES string of the molecule is CS(=O)(=O)C1CCCC1(NC1CC1)C(N)=O. The minimum Gasteiger partial charge on any atom is -0.368 e. The molecule has 2 atom stereocenters. The highest BCUT2D eigenvalue weighted by Crippen LogP contribution is 2.37. The van der Waals surface area contributed by atoms with Crippen molar-refractivity contribution >= 4 is 15.7 Å². The predicted octanol–water partition coefficient (Wildman–Crippen LogP) is -0.440. The van der Waals surface area contributed by atoms with Gasteiger partial charge in [-0.25, -0.2) is 8.42 Å². The average Bonchev–Trinajstić information content (AvgIpc) is 2.80. The van der Waals surface area contributed by atoms with E-state index < -0.39 is 26.5 Å². The lowest BCUT2D eigenvalue weighted by atomic mass is 9.96. The van der Waals surface area contributed by atoms with Crippen molar-refractivity contribution in [3.8, 4) is 0 Å². The molecule has 2 aliphatic rings. The molecule has 0 saturated heterocycles. The monoisotopic (exact) mass is 246 g/mol. The van der Waals surface area contributed by atoms with Crippen LogP contribution < -0.4 is 11.1 Å². The maximum absolute atomic E-state index is 11.7. The van der Waals surface area contributed by atoms with E-state index in [4.69, 9.17) is 5.73 Å². The van der Waals surface area contributed by atoms with E-state index in [0.29, 0.717) is 12.8 Å². The van der Waals surface area contributed by atoms with Crippen molar-refractivity contribution in [3.05, 3.63) is 0 Å². The zero-order valence-electron chi connectivity index (χ0n) is 9.40. The summed E-state index contributed by atoms with van der Waals surface area (Å²) in [5.41, 5.74) is 4.41. The number of amides is 1. The first-order valence-corrected chi connectivity index (χ1v) is 7.58. The van der Waals surface area contributed by atoms with Gasteiger partial charge in [-0.05, 0) is 32.1 Å². The second kappa shape index (κ2) is 3.70. The molecule has 1 amide bonds. The van der Waals surface area contributed by atoms with Crippen molar-refractivity contribution in [1.29, 1.82) is 0 Å². The van der Waals surface area contributed by atoms with Gasteiger partial charge in [0.2, 0.25) is 5.91 Å². The Morgan fingerprint density at radius 1 is 1.38 bits per heavy atom. The standard InChI is InChI=1S/C10H18N2O3S/c1-16(14,15)8-3-2-6-10(8,9(11)13)12-7-4-5-7/h7-8,12H,2-6H2,1H3,(H2,11,13). The fourth-order valence-electron chi connectivity index (χ4n) is 2.66. The van der Waals surface area contributed by atoms with Gasteiger partial charge < -0.3 is 5.73 Å². The van der Waals surface area contributed by atoms with Gasteiger partial charge in [0.15, 0.2) is 9.84 Å². The van der Waals surface area contributed by atoms with Crippen molar-refractivity contribution in [1.82, 2.24) is 5.32 Å². The minimum atomic E-state index is -3.24. The van der Waals surface area contributed by atoms with Gasteiger partial charge in [0, 0.05) is 12.3 Å². The lowest BCUT2D eigenvalue weighted by molar-refractivity contribution is -0.124. The van der Waals surface area contributed by atoms with E-state index in [1.54, 1.807) is 0 Å². The van der Waals surface area contributed by atoms with Crippen LogP contribution in [-0.4, -0.2) is 37.4 Å². The summed E-state index contributed by atoms with van der Waals surface area (Å²) in [4.78, 5) is 11.6. The van der Waals surface area contributed by atoms with Crippen LogP contribution in [-0.2, 0) is 14.6 Å². The molecule has 0 bridgehead atoms. The highest BCUT2D eigenvalue weighted by atomic mass is 32.2. The van der Waals surface area contributed by atoms with Crippen molar-refractivity contribution in [2.24, 2.45) is 5.73 Å². The lowest BCUT2D eigenvalue weighted by Crippen LogP contribution is -2.62. The summed E-state index contributed by atoms with van der Waals surface area (Å²) in [5, 5.41) is 2.51. The third-order valence-electron chi connectivity index (χ3n) is 3.58. The van der Waals surface area contributed by atoms with Gasteiger partial charge in [-0.2, -0.15) is 0 Å². The summed E-state index contributed by atoms with van der Waals surface area (Å²) in [7, 11) is -3.24. The number of sulfone groups is 1. The molecule has 0 heterocycles. The molecular formula is C10H18N2O3S. The Labute approximate surface area is 95.7 Å². The van der Waals surface area contributed by atoms with E-state index in [1.165, 1.54) is 6.26 Å². The predicted molar refractivity (Wildman–Crippen MR) is 60.6 cm³/mol. The Morgan fingerprint density at radius 2 is 2.00 bits per heavy atom. The Bertz CT molecular complexity index is 402. The summed E-state index contributed by atoms with van der Waals surface area (Å²) >= 11 is 0. The van der Waals surface area contributed by atoms with Crippen molar-refractivity contribution < 1.29 is 13.2 Å². The summed E-state index contributed by atoms with van der Waals surface area (Å²) in [5.74, 6) is -0.521. The molecule has 0 aliphatic heterocycles. The first kappa shape index (κ1) is 11.9. The molecule has 2 fully saturated rings. The van der Waals surface area contributed by atoms with E-state index in [2.05, 4.69) is 5.32 Å². The van der Waals surface area contributed by atoms with Crippen LogP contribution in [0.2, 0.25) is 0 Å². The van der Waals surface area contributed by atoms with E-state index in [-0.39, 0.29) is 6.04 Å². The summed E-state index contributed by atoms with van der Waals surface area (Å²) < 4.78 is 23.4.